The lowest BCUT2D eigenvalue weighted by Crippen LogP contribution is -2.47. The van der Waals surface area contributed by atoms with Crippen molar-refractivity contribution in [3.63, 3.8) is 0 Å². The summed E-state index contributed by atoms with van der Waals surface area (Å²) in [7, 11) is 0. The predicted octanol–water partition coefficient (Wildman–Crippen LogP) is 3.61. The molecule has 2 unspecified atom stereocenters. The SMILES string of the molecule is CCC(C)C(NC(=O)c1ccccc1)C(=O)Nc1ccccc1F. The van der Waals surface area contributed by atoms with Crippen LogP contribution in [0.1, 0.15) is 30.6 Å². The Hall–Kier alpha value is -2.69. The Balaban J connectivity index is 2.14. The molecule has 0 heterocycles. The van der Waals surface area contributed by atoms with E-state index in [2.05, 4.69) is 10.6 Å². The van der Waals surface area contributed by atoms with Crippen LogP contribution in [0.3, 0.4) is 0 Å². The third-order valence-corrected chi connectivity index (χ3v) is 3.95. The fourth-order valence-corrected chi connectivity index (χ4v) is 2.29. The largest absolute Gasteiger partial charge is 0.340 e. The number of halogens is 1. The molecule has 2 N–H and O–H groups in total. The number of carbonyl (C=O) groups excluding carboxylic acids is 2. The molecule has 2 rings (SSSR count). The van der Waals surface area contributed by atoms with Crippen LogP contribution in [0.25, 0.3) is 0 Å². The van der Waals surface area contributed by atoms with Gasteiger partial charge in [0.1, 0.15) is 11.9 Å². The molecule has 0 radical (unpaired) electrons. The van der Waals surface area contributed by atoms with Gasteiger partial charge in [-0.25, -0.2) is 4.39 Å². The molecule has 2 amide bonds. The van der Waals surface area contributed by atoms with Crippen molar-refractivity contribution < 1.29 is 14.0 Å². The van der Waals surface area contributed by atoms with E-state index in [0.29, 0.717) is 12.0 Å². The first-order valence-electron chi connectivity index (χ1n) is 7.94. The number of benzene rings is 2. The molecule has 0 saturated carbocycles. The Bertz CT molecular complexity index is 704. The van der Waals surface area contributed by atoms with Crippen LogP contribution >= 0.6 is 0 Å². The molecule has 0 aromatic heterocycles. The van der Waals surface area contributed by atoms with E-state index in [4.69, 9.17) is 0 Å². The quantitative estimate of drug-likeness (QED) is 0.851. The molecule has 24 heavy (non-hydrogen) atoms. The first-order valence-corrected chi connectivity index (χ1v) is 7.94. The van der Waals surface area contributed by atoms with Gasteiger partial charge in [-0.15, -0.1) is 0 Å². The van der Waals surface area contributed by atoms with E-state index >= 15 is 0 Å². The van der Waals surface area contributed by atoms with E-state index in [1.54, 1.807) is 36.4 Å². The van der Waals surface area contributed by atoms with Gasteiger partial charge in [-0.1, -0.05) is 50.6 Å². The minimum absolute atomic E-state index is 0.0931. The summed E-state index contributed by atoms with van der Waals surface area (Å²) < 4.78 is 13.7. The maximum Gasteiger partial charge on any atom is 0.251 e. The number of para-hydroxylation sites is 1. The summed E-state index contributed by atoms with van der Waals surface area (Å²) in [4.78, 5) is 24.9. The van der Waals surface area contributed by atoms with Crippen LogP contribution in [0.2, 0.25) is 0 Å². The van der Waals surface area contributed by atoms with Crippen molar-refractivity contribution in [2.75, 3.05) is 5.32 Å². The highest BCUT2D eigenvalue weighted by molar-refractivity contribution is 6.01. The second kappa shape index (κ2) is 8.24. The van der Waals surface area contributed by atoms with Crippen LogP contribution in [-0.4, -0.2) is 17.9 Å². The molecule has 0 aliphatic rings. The Morgan fingerprint density at radius 2 is 1.67 bits per heavy atom. The monoisotopic (exact) mass is 328 g/mol. The molecule has 5 heteroatoms. The molecule has 0 fully saturated rings. The van der Waals surface area contributed by atoms with Crippen molar-refractivity contribution >= 4 is 17.5 Å². The molecule has 2 aromatic carbocycles. The summed E-state index contributed by atoms with van der Waals surface area (Å²) in [5, 5.41) is 5.30. The van der Waals surface area contributed by atoms with Crippen LogP contribution < -0.4 is 10.6 Å². The fraction of sp³-hybridized carbons (Fsp3) is 0.263. The third kappa shape index (κ3) is 4.41. The molecule has 4 nitrogen and oxygen atoms in total. The van der Waals surface area contributed by atoms with Crippen molar-refractivity contribution in [1.29, 1.82) is 0 Å². The van der Waals surface area contributed by atoms with Crippen molar-refractivity contribution in [1.82, 2.24) is 5.32 Å². The number of hydrogen-bond acceptors (Lipinski definition) is 2. The van der Waals surface area contributed by atoms with Crippen LogP contribution in [0, 0.1) is 11.7 Å². The van der Waals surface area contributed by atoms with Gasteiger partial charge in [0.15, 0.2) is 0 Å². The van der Waals surface area contributed by atoms with Gasteiger partial charge in [-0.05, 0) is 30.2 Å². The normalized spacial score (nSPS) is 13.0. The lowest BCUT2D eigenvalue weighted by molar-refractivity contribution is -0.119. The van der Waals surface area contributed by atoms with E-state index in [1.807, 2.05) is 19.9 Å². The molecule has 0 aliphatic carbocycles. The number of carbonyl (C=O) groups is 2. The van der Waals surface area contributed by atoms with E-state index in [1.165, 1.54) is 12.1 Å². The maximum atomic E-state index is 13.7. The van der Waals surface area contributed by atoms with Gasteiger partial charge >= 0.3 is 0 Å². The van der Waals surface area contributed by atoms with Crippen molar-refractivity contribution in [3.05, 3.63) is 66.0 Å². The summed E-state index contributed by atoms with van der Waals surface area (Å²) in [5.41, 5.74) is 0.578. The lowest BCUT2D eigenvalue weighted by Gasteiger charge is -2.23. The van der Waals surface area contributed by atoms with Gasteiger partial charge in [-0.3, -0.25) is 9.59 Å². The van der Waals surface area contributed by atoms with Gasteiger partial charge < -0.3 is 10.6 Å². The second-order valence-corrected chi connectivity index (χ2v) is 5.67. The van der Waals surface area contributed by atoms with E-state index in [9.17, 15) is 14.0 Å². The molecule has 2 aromatic rings. The molecule has 0 spiro atoms. The van der Waals surface area contributed by atoms with Gasteiger partial charge in [0.25, 0.3) is 5.91 Å². The van der Waals surface area contributed by atoms with Crippen LogP contribution in [-0.2, 0) is 4.79 Å². The predicted molar refractivity (Wildman–Crippen MR) is 92.2 cm³/mol. The molecular weight excluding hydrogens is 307 g/mol. The number of anilines is 1. The zero-order chi connectivity index (χ0) is 17.5. The Morgan fingerprint density at radius 3 is 2.29 bits per heavy atom. The van der Waals surface area contributed by atoms with Crippen molar-refractivity contribution in [2.24, 2.45) is 5.92 Å². The van der Waals surface area contributed by atoms with Crippen LogP contribution in [0.15, 0.2) is 54.6 Å². The summed E-state index contributed by atoms with van der Waals surface area (Å²) >= 11 is 0. The van der Waals surface area contributed by atoms with Gasteiger partial charge in [0.05, 0.1) is 5.69 Å². The average Bonchev–Trinajstić information content (AvgIpc) is 2.61. The standard InChI is InChI=1S/C19H21FN2O2/c1-3-13(2)17(22-18(23)14-9-5-4-6-10-14)19(24)21-16-12-8-7-11-15(16)20/h4-13,17H,3H2,1-2H3,(H,21,24)(H,22,23). The summed E-state index contributed by atoms with van der Waals surface area (Å²) in [6, 6.07) is 13.9. The lowest BCUT2D eigenvalue weighted by atomic mass is 9.97. The van der Waals surface area contributed by atoms with E-state index in [-0.39, 0.29) is 17.5 Å². The summed E-state index contributed by atoms with van der Waals surface area (Å²) in [5.74, 6) is -1.36. The highest BCUT2D eigenvalue weighted by Crippen LogP contribution is 2.16. The van der Waals surface area contributed by atoms with Crippen molar-refractivity contribution in [3.8, 4) is 0 Å². The Morgan fingerprint density at radius 1 is 1.04 bits per heavy atom. The van der Waals surface area contributed by atoms with Gasteiger partial charge in [0, 0.05) is 5.56 Å². The molecule has 126 valence electrons. The first-order chi connectivity index (χ1) is 11.5. The topological polar surface area (TPSA) is 58.2 Å². The van der Waals surface area contributed by atoms with Gasteiger partial charge in [0.2, 0.25) is 5.91 Å². The van der Waals surface area contributed by atoms with E-state index < -0.39 is 17.8 Å². The van der Waals surface area contributed by atoms with Crippen LogP contribution in [0.4, 0.5) is 10.1 Å². The Kier molecular flexibility index (Phi) is 6.07. The molecule has 2 atom stereocenters. The summed E-state index contributed by atoms with van der Waals surface area (Å²) in [6.45, 7) is 3.81. The zero-order valence-corrected chi connectivity index (χ0v) is 13.8. The minimum Gasteiger partial charge on any atom is -0.340 e. The highest BCUT2D eigenvalue weighted by Gasteiger charge is 2.26. The zero-order valence-electron chi connectivity index (χ0n) is 13.8. The molecular formula is C19H21FN2O2. The van der Waals surface area contributed by atoms with Crippen molar-refractivity contribution in [2.45, 2.75) is 26.3 Å². The fourth-order valence-electron chi connectivity index (χ4n) is 2.29. The summed E-state index contributed by atoms with van der Waals surface area (Å²) in [6.07, 6.45) is 0.699. The second-order valence-electron chi connectivity index (χ2n) is 5.67. The third-order valence-electron chi connectivity index (χ3n) is 3.95. The Labute approximate surface area is 141 Å². The van der Waals surface area contributed by atoms with Gasteiger partial charge in [-0.2, -0.15) is 0 Å². The minimum atomic E-state index is -0.748. The number of amides is 2. The smallest absolute Gasteiger partial charge is 0.251 e. The molecule has 0 bridgehead atoms. The maximum absolute atomic E-state index is 13.7. The number of nitrogens with one attached hydrogen (secondary N) is 2. The van der Waals surface area contributed by atoms with E-state index in [0.717, 1.165) is 0 Å². The molecule has 0 saturated heterocycles. The highest BCUT2D eigenvalue weighted by atomic mass is 19.1. The molecule has 0 aliphatic heterocycles. The van der Waals surface area contributed by atoms with Crippen LogP contribution in [0.5, 0.6) is 0 Å². The number of hydrogen-bond donors (Lipinski definition) is 2. The average molecular weight is 328 g/mol. The first kappa shape index (κ1) is 17.7. The number of rotatable bonds is 6.